The normalized spacial score (nSPS) is 14.9. The summed E-state index contributed by atoms with van der Waals surface area (Å²) in [6.07, 6.45) is 1.74. The number of hydrogen-bond donors (Lipinski definition) is 1. The van der Waals surface area contributed by atoms with Gasteiger partial charge in [-0.3, -0.25) is 0 Å². The second-order valence-corrected chi connectivity index (χ2v) is 5.17. The van der Waals surface area contributed by atoms with Crippen LogP contribution in [0.5, 0.6) is 5.75 Å². The Bertz CT molecular complexity index is 382. The van der Waals surface area contributed by atoms with Gasteiger partial charge in [0.15, 0.2) is 0 Å². The van der Waals surface area contributed by atoms with Crippen molar-refractivity contribution in [1.82, 2.24) is 0 Å². The number of ether oxygens (including phenoxy) is 1. The van der Waals surface area contributed by atoms with Crippen LogP contribution < -0.4 is 10.5 Å². The highest BCUT2D eigenvalue weighted by Crippen LogP contribution is 2.34. The summed E-state index contributed by atoms with van der Waals surface area (Å²) < 4.78 is 5.51. The molecule has 2 N–H and O–H groups in total. The van der Waals surface area contributed by atoms with Crippen LogP contribution in [0.25, 0.3) is 0 Å². The van der Waals surface area contributed by atoms with Gasteiger partial charge in [-0.1, -0.05) is 11.6 Å². The summed E-state index contributed by atoms with van der Waals surface area (Å²) in [5, 5.41) is 0.803. The second kappa shape index (κ2) is 3.69. The van der Waals surface area contributed by atoms with Crippen LogP contribution in [0.15, 0.2) is 12.1 Å². The number of hydrogen-bond acceptors (Lipinski definition) is 2. The summed E-state index contributed by atoms with van der Waals surface area (Å²) in [6.45, 7) is 4.78. The molecule has 0 aromatic heterocycles. The molecule has 1 aliphatic rings. The van der Waals surface area contributed by atoms with Gasteiger partial charge in [-0.05, 0) is 38.0 Å². The summed E-state index contributed by atoms with van der Waals surface area (Å²) in [5.74, 6) is 0.971. The Morgan fingerprint density at radius 2 is 2.20 bits per heavy atom. The van der Waals surface area contributed by atoms with Gasteiger partial charge in [-0.2, -0.15) is 0 Å². The molecule has 0 saturated carbocycles. The zero-order valence-corrected chi connectivity index (χ0v) is 9.90. The largest absolute Gasteiger partial charge is 0.493 e. The van der Waals surface area contributed by atoms with Crippen LogP contribution >= 0.6 is 11.6 Å². The third-order valence-corrected chi connectivity index (χ3v) is 2.93. The van der Waals surface area contributed by atoms with E-state index in [1.807, 2.05) is 26.0 Å². The third kappa shape index (κ3) is 2.27. The average Bonchev–Trinajstić information content (AvgIpc) is 2.56. The Balaban J connectivity index is 2.41. The molecule has 0 unspecified atom stereocenters. The van der Waals surface area contributed by atoms with Gasteiger partial charge in [0.1, 0.15) is 5.75 Å². The molecular weight excluding hydrogens is 210 g/mol. The van der Waals surface area contributed by atoms with E-state index in [9.17, 15) is 0 Å². The molecule has 0 spiro atoms. The van der Waals surface area contributed by atoms with Crippen molar-refractivity contribution in [1.29, 1.82) is 0 Å². The zero-order valence-electron chi connectivity index (χ0n) is 9.14. The fourth-order valence-electron chi connectivity index (χ4n) is 1.96. The van der Waals surface area contributed by atoms with Gasteiger partial charge < -0.3 is 10.5 Å². The van der Waals surface area contributed by atoms with E-state index in [2.05, 4.69) is 0 Å². The van der Waals surface area contributed by atoms with Gasteiger partial charge in [0.05, 0.1) is 6.61 Å². The van der Waals surface area contributed by atoms with Gasteiger partial charge in [0.2, 0.25) is 0 Å². The summed E-state index contributed by atoms with van der Waals surface area (Å²) in [7, 11) is 0. The molecule has 15 heavy (non-hydrogen) atoms. The molecule has 0 atom stereocenters. The molecule has 0 amide bonds. The number of fused-ring (bicyclic) bond motifs is 1. The highest BCUT2D eigenvalue weighted by Gasteiger charge is 2.22. The Kier molecular flexibility index (Phi) is 2.65. The molecule has 0 aliphatic carbocycles. The van der Waals surface area contributed by atoms with Gasteiger partial charge >= 0.3 is 0 Å². The smallest absolute Gasteiger partial charge is 0.123 e. The third-order valence-electron chi connectivity index (χ3n) is 2.57. The molecule has 0 fully saturated rings. The Labute approximate surface area is 95.4 Å². The Morgan fingerprint density at radius 1 is 1.47 bits per heavy atom. The first kappa shape index (κ1) is 10.8. The molecule has 82 valence electrons. The van der Waals surface area contributed by atoms with Crippen LogP contribution in [0.3, 0.4) is 0 Å². The molecule has 2 rings (SSSR count). The quantitative estimate of drug-likeness (QED) is 0.840. The first-order valence-electron chi connectivity index (χ1n) is 5.19. The lowest BCUT2D eigenvalue weighted by Gasteiger charge is -2.20. The molecule has 0 bridgehead atoms. The topological polar surface area (TPSA) is 35.2 Å². The Hall–Kier alpha value is -0.730. The predicted octanol–water partition coefficient (Wildman–Crippen LogP) is 2.55. The standard InChI is InChI=1S/C12H16ClNO/c1-12(2,14)7-9-8-5-6-15-11(8)4-3-10(9)13/h3-4H,5-7,14H2,1-2H3. The van der Waals surface area contributed by atoms with Gasteiger partial charge in [-0.15, -0.1) is 0 Å². The maximum Gasteiger partial charge on any atom is 0.123 e. The summed E-state index contributed by atoms with van der Waals surface area (Å²) in [6, 6.07) is 3.84. The van der Waals surface area contributed by atoms with Gasteiger partial charge in [0.25, 0.3) is 0 Å². The van der Waals surface area contributed by atoms with E-state index in [1.54, 1.807) is 0 Å². The van der Waals surface area contributed by atoms with Gasteiger partial charge in [0, 0.05) is 22.5 Å². The number of rotatable bonds is 2. The maximum absolute atomic E-state index is 6.20. The molecule has 2 nitrogen and oxygen atoms in total. The summed E-state index contributed by atoms with van der Waals surface area (Å²) >= 11 is 6.20. The molecule has 3 heteroatoms. The molecule has 0 saturated heterocycles. The van der Waals surface area contributed by atoms with E-state index in [4.69, 9.17) is 22.1 Å². The van der Waals surface area contributed by atoms with Crippen molar-refractivity contribution in [2.45, 2.75) is 32.2 Å². The van der Waals surface area contributed by atoms with Crippen molar-refractivity contribution in [2.24, 2.45) is 5.73 Å². The molecular formula is C12H16ClNO. The number of benzene rings is 1. The number of halogens is 1. The van der Waals surface area contributed by atoms with Crippen LogP contribution in [-0.2, 0) is 12.8 Å². The number of nitrogens with two attached hydrogens (primary N) is 1. The van der Waals surface area contributed by atoms with E-state index in [-0.39, 0.29) is 5.54 Å². The monoisotopic (exact) mass is 225 g/mol. The predicted molar refractivity (Wildman–Crippen MR) is 62.6 cm³/mol. The highest BCUT2D eigenvalue weighted by atomic mass is 35.5. The van der Waals surface area contributed by atoms with Gasteiger partial charge in [-0.25, -0.2) is 0 Å². The summed E-state index contributed by atoms with van der Waals surface area (Å²) in [5.41, 5.74) is 8.19. The van der Waals surface area contributed by atoms with E-state index in [0.29, 0.717) is 0 Å². The van der Waals surface area contributed by atoms with E-state index < -0.39 is 0 Å². The fraction of sp³-hybridized carbons (Fsp3) is 0.500. The Morgan fingerprint density at radius 3 is 2.87 bits per heavy atom. The SMILES string of the molecule is CC(C)(N)Cc1c(Cl)ccc2c1CCO2. The van der Waals surface area contributed by atoms with E-state index in [1.165, 1.54) is 5.56 Å². The first-order valence-corrected chi connectivity index (χ1v) is 5.57. The molecule has 0 radical (unpaired) electrons. The zero-order chi connectivity index (χ0) is 11.1. The molecule has 1 aromatic carbocycles. The van der Waals surface area contributed by atoms with Crippen molar-refractivity contribution < 1.29 is 4.74 Å². The van der Waals surface area contributed by atoms with E-state index in [0.717, 1.165) is 35.8 Å². The van der Waals surface area contributed by atoms with Crippen LogP contribution in [0.2, 0.25) is 5.02 Å². The van der Waals surface area contributed by atoms with Crippen molar-refractivity contribution in [3.8, 4) is 5.75 Å². The molecule has 1 aromatic rings. The van der Waals surface area contributed by atoms with Crippen LogP contribution in [0.1, 0.15) is 25.0 Å². The fourth-order valence-corrected chi connectivity index (χ4v) is 2.21. The minimum absolute atomic E-state index is 0.235. The lowest BCUT2D eigenvalue weighted by molar-refractivity contribution is 0.357. The van der Waals surface area contributed by atoms with E-state index >= 15 is 0 Å². The van der Waals surface area contributed by atoms with Crippen LogP contribution in [-0.4, -0.2) is 12.1 Å². The minimum Gasteiger partial charge on any atom is -0.493 e. The molecule has 1 aliphatic heterocycles. The van der Waals surface area contributed by atoms with Crippen molar-refractivity contribution in [2.75, 3.05) is 6.61 Å². The van der Waals surface area contributed by atoms with Crippen LogP contribution in [0, 0.1) is 0 Å². The first-order chi connectivity index (χ1) is 6.97. The minimum atomic E-state index is -0.235. The highest BCUT2D eigenvalue weighted by molar-refractivity contribution is 6.31. The van der Waals surface area contributed by atoms with Crippen molar-refractivity contribution >= 4 is 11.6 Å². The lowest BCUT2D eigenvalue weighted by Crippen LogP contribution is -2.34. The summed E-state index contributed by atoms with van der Waals surface area (Å²) in [4.78, 5) is 0. The van der Waals surface area contributed by atoms with Crippen LogP contribution in [0.4, 0.5) is 0 Å². The average molecular weight is 226 g/mol. The maximum atomic E-state index is 6.20. The lowest BCUT2D eigenvalue weighted by atomic mass is 9.92. The van der Waals surface area contributed by atoms with Crippen molar-refractivity contribution in [3.63, 3.8) is 0 Å². The second-order valence-electron chi connectivity index (χ2n) is 4.77. The van der Waals surface area contributed by atoms with Crippen molar-refractivity contribution in [3.05, 3.63) is 28.3 Å². The molecule has 1 heterocycles.